The molecule has 2 heterocycles. The van der Waals surface area contributed by atoms with Gasteiger partial charge in [0.1, 0.15) is 5.75 Å². The minimum Gasteiger partial charge on any atom is -0.508 e. The number of rotatable bonds is 8. The van der Waals surface area contributed by atoms with Gasteiger partial charge in [-0.15, -0.1) is 5.10 Å². The van der Waals surface area contributed by atoms with Crippen molar-refractivity contribution < 1.29 is 14.7 Å². The predicted octanol–water partition coefficient (Wildman–Crippen LogP) is 5.62. The lowest BCUT2D eigenvalue weighted by Crippen LogP contribution is -2.56. The number of aryl methyl sites for hydroxylation is 2. The van der Waals surface area contributed by atoms with Gasteiger partial charge in [-0.2, -0.15) is 0 Å². The number of hydrogen-bond donors (Lipinski definition) is 1. The molecule has 9 nitrogen and oxygen atoms in total. The number of aromatic hydroxyl groups is 1. The van der Waals surface area contributed by atoms with Gasteiger partial charge >= 0.3 is 5.97 Å². The minimum absolute atomic E-state index is 0.0826. The number of phenolic OH excluding ortho intramolecular Hbond substituents is 1. The highest BCUT2D eigenvalue weighted by atomic mass is 16.7. The number of carbonyl (C=O) groups excluding carboxylic acids is 1. The van der Waals surface area contributed by atoms with Crippen molar-refractivity contribution in [2.45, 2.75) is 52.4 Å². The molecule has 0 aliphatic carbocycles. The van der Waals surface area contributed by atoms with E-state index in [-0.39, 0.29) is 17.8 Å². The van der Waals surface area contributed by atoms with Crippen molar-refractivity contribution in [1.82, 2.24) is 30.2 Å². The Morgan fingerprint density at radius 3 is 2.40 bits per heavy atom. The van der Waals surface area contributed by atoms with Gasteiger partial charge in [0.15, 0.2) is 0 Å². The summed E-state index contributed by atoms with van der Waals surface area (Å²) in [5.41, 5.74) is 6.46. The largest absolute Gasteiger partial charge is 0.508 e. The van der Waals surface area contributed by atoms with Crippen molar-refractivity contribution in [2.24, 2.45) is 0 Å². The lowest BCUT2D eigenvalue weighted by Gasteiger charge is -2.47. The van der Waals surface area contributed by atoms with Crippen molar-refractivity contribution in [3.63, 3.8) is 0 Å². The molecule has 230 valence electrons. The normalized spacial score (nSPS) is 18.0. The Balaban J connectivity index is 1.25. The number of nitrogens with zero attached hydrogens (tertiary/aromatic N) is 6. The van der Waals surface area contributed by atoms with E-state index in [1.165, 1.54) is 5.56 Å². The number of piperazine rings is 1. The van der Waals surface area contributed by atoms with Crippen LogP contribution in [0.25, 0.3) is 11.4 Å². The molecule has 5 aromatic rings. The van der Waals surface area contributed by atoms with Crippen molar-refractivity contribution in [3.05, 3.63) is 130 Å². The molecule has 0 spiro atoms. The van der Waals surface area contributed by atoms with E-state index in [1.807, 2.05) is 50.2 Å². The van der Waals surface area contributed by atoms with Crippen LogP contribution < -0.4 is 4.84 Å². The Hall–Kier alpha value is -4.86. The summed E-state index contributed by atoms with van der Waals surface area (Å²) < 4.78 is 0. The summed E-state index contributed by atoms with van der Waals surface area (Å²) in [7, 11) is 0. The zero-order valence-corrected chi connectivity index (χ0v) is 26.0. The molecule has 1 N–H and O–H groups in total. The van der Waals surface area contributed by atoms with Crippen molar-refractivity contribution in [1.29, 1.82) is 0 Å². The quantitative estimate of drug-likeness (QED) is 0.229. The van der Waals surface area contributed by atoms with Gasteiger partial charge < -0.3 is 9.94 Å². The molecule has 4 aromatic carbocycles. The van der Waals surface area contributed by atoms with Crippen LogP contribution in [0.5, 0.6) is 5.75 Å². The molecule has 0 saturated carbocycles. The van der Waals surface area contributed by atoms with Gasteiger partial charge in [-0.05, 0) is 83.4 Å². The van der Waals surface area contributed by atoms with E-state index < -0.39 is 5.97 Å². The molecule has 45 heavy (non-hydrogen) atoms. The molecule has 1 aliphatic rings. The number of aromatic nitrogens is 4. The van der Waals surface area contributed by atoms with Crippen LogP contribution in [0.4, 0.5) is 0 Å². The van der Waals surface area contributed by atoms with Crippen LogP contribution in [0.1, 0.15) is 58.1 Å². The Morgan fingerprint density at radius 2 is 1.67 bits per heavy atom. The summed E-state index contributed by atoms with van der Waals surface area (Å²) in [6, 6.07) is 32.2. The molecule has 3 atom stereocenters. The lowest BCUT2D eigenvalue weighted by atomic mass is 9.92. The van der Waals surface area contributed by atoms with E-state index in [4.69, 9.17) is 4.84 Å². The number of benzene rings is 4. The SMILES string of the molecule is Cc1ccc(C(=O)On2nnnc2-c2ccc([C@H](c3cccc(O)c3)N3C[C@@H](C)N(Cc4ccccc4)C[C@@H]3C)cc2)c(C)c1. The maximum absolute atomic E-state index is 12.9. The van der Waals surface area contributed by atoms with E-state index in [0.29, 0.717) is 23.0 Å². The van der Waals surface area contributed by atoms with Gasteiger partial charge in [0.25, 0.3) is 0 Å². The van der Waals surface area contributed by atoms with E-state index >= 15 is 0 Å². The van der Waals surface area contributed by atoms with Gasteiger partial charge in [0.05, 0.1) is 11.6 Å². The Kier molecular flexibility index (Phi) is 8.73. The van der Waals surface area contributed by atoms with E-state index in [1.54, 1.807) is 12.1 Å². The number of hydrogen-bond acceptors (Lipinski definition) is 8. The molecule has 1 fully saturated rings. The summed E-state index contributed by atoms with van der Waals surface area (Å²) >= 11 is 0. The third-order valence-electron chi connectivity index (χ3n) is 8.61. The van der Waals surface area contributed by atoms with Crippen molar-refractivity contribution >= 4 is 5.97 Å². The first-order chi connectivity index (χ1) is 21.8. The Labute approximate surface area is 263 Å². The highest BCUT2D eigenvalue weighted by molar-refractivity contribution is 5.91. The van der Waals surface area contributed by atoms with Gasteiger partial charge in [-0.1, -0.05) is 84.4 Å². The second kappa shape index (κ2) is 13.0. The van der Waals surface area contributed by atoms with Crippen molar-refractivity contribution in [3.8, 4) is 17.1 Å². The van der Waals surface area contributed by atoms with Gasteiger partial charge in [0.2, 0.25) is 5.82 Å². The highest BCUT2D eigenvalue weighted by Crippen LogP contribution is 2.35. The average Bonchev–Trinajstić information content (AvgIpc) is 3.48. The van der Waals surface area contributed by atoms with Crippen LogP contribution in [-0.4, -0.2) is 66.4 Å². The molecule has 0 bridgehead atoms. The van der Waals surface area contributed by atoms with Gasteiger partial charge in [0, 0.05) is 37.3 Å². The van der Waals surface area contributed by atoms with Crippen LogP contribution in [-0.2, 0) is 6.54 Å². The predicted molar refractivity (Wildman–Crippen MR) is 173 cm³/mol. The molecule has 0 radical (unpaired) electrons. The molecule has 1 aromatic heterocycles. The first kappa shape index (κ1) is 30.2. The molecule has 1 aliphatic heterocycles. The van der Waals surface area contributed by atoms with Gasteiger partial charge in [-0.3, -0.25) is 9.80 Å². The first-order valence-corrected chi connectivity index (χ1v) is 15.3. The molecule has 0 unspecified atom stereocenters. The van der Waals surface area contributed by atoms with E-state index in [2.05, 4.69) is 87.7 Å². The summed E-state index contributed by atoms with van der Waals surface area (Å²) in [5, 5.41) is 22.3. The highest BCUT2D eigenvalue weighted by Gasteiger charge is 2.35. The van der Waals surface area contributed by atoms with Crippen LogP contribution in [0.15, 0.2) is 97.1 Å². The maximum atomic E-state index is 12.9. The van der Waals surface area contributed by atoms with Crippen LogP contribution in [0.3, 0.4) is 0 Å². The first-order valence-electron chi connectivity index (χ1n) is 15.3. The summed E-state index contributed by atoms with van der Waals surface area (Å²) in [6.45, 7) is 11.1. The summed E-state index contributed by atoms with van der Waals surface area (Å²) in [5.74, 6) is 0.0311. The second-order valence-corrected chi connectivity index (χ2v) is 12.0. The fraction of sp³-hybridized carbons (Fsp3) is 0.278. The van der Waals surface area contributed by atoms with E-state index in [9.17, 15) is 9.90 Å². The second-order valence-electron chi connectivity index (χ2n) is 12.0. The van der Waals surface area contributed by atoms with Crippen LogP contribution in [0, 0.1) is 13.8 Å². The molecule has 9 heteroatoms. The number of tetrazole rings is 1. The Morgan fingerprint density at radius 1 is 0.889 bits per heavy atom. The fourth-order valence-electron chi connectivity index (χ4n) is 6.29. The fourth-order valence-corrected chi connectivity index (χ4v) is 6.29. The van der Waals surface area contributed by atoms with Crippen molar-refractivity contribution in [2.75, 3.05) is 13.1 Å². The molecule has 1 saturated heterocycles. The third-order valence-corrected chi connectivity index (χ3v) is 8.61. The van der Waals surface area contributed by atoms with Crippen LogP contribution in [0.2, 0.25) is 0 Å². The smallest absolute Gasteiger partial charge is 0.366 e. The molecular formula is C36H38N6O3. The maximum Gasteiger partial charge on any atom is 0.366 e. The minimum atomic E-state index is -0.531. The molecular weight excluding hydrogens is 564 g/mol. The topological polar surface area (TPSA) is 96.6 Å². The van der Waals surface area contributed by atoms with Crippen LogP contribution >= 0.6 is 0 Å². The lowest BCUT2D eigenvalue weighted by molar-refractivity contribution is 0.0195. The zero-order valence-electron chi connectivity index (χ0n) is 26.0. The number of carbonyl (C=O) groups is 1. The summed E-state index contributed by atoms with van der Waals surface area (Å²) in [6.07, 6.45) is 0. The standard InChI is InChI=1S/C36H38N6O3/c1-24-13-18-33(25(2)19-24)36(44)45-42-35(37-38-39-42)30-16-14-29(15-17-30)34(31-11-8-12-32(43)20-31)41-22-26(3)40(21-27(41)4)23-28-9-6-5-7-10-28/h5-20,26-27,34,43H,21-23H2,1-4H3/t26-,27+,34-/m1/s1. The number of phenols is 1. The molecule has 0 amide bonds. The Bertz CT molecular complexity index is 1770. The average molecular weight is 603 g/mol. The third kappa shape index (κ3) is 6.64. The zero-order chi connectivity index (χ0) is 31.5. The van der Waals surface area contributed by atoms with E-state index in [0.717, 1.165) is 46.7 Å². The summed E-state index contributed by atoms with van der Waals surface area (Å²) in [4.78, 5) is 24.7. The van der Waals surface area contributed by atoms with Gasteiger partial charge in [-0.25, -0.2) is 4.79 Å². The monoisotopic (exact) mass is 602 g/mol. The molecule has 6 rings (SSSR count).